The lowest BCUT2D eigenvalue weighted by atomic mass is 9.85. The average Bonchev–Trinajstić information content (AvgIpc) is 2.64. The molecule has 0 spiro atoms. The van der Waals surface area contributed by atoms with E-state index in [1.165, 1.54) is 6.07 Å². The topological polar surface area (TPSA) is 65.5 Å². The first-order valence-corrected chi connectivity index (χ1v) is 9.73. The molecule has 0 saturated heterocycles. The quantitative estimate of drug-likeness (QED) is 0.507. The van der Waals surface area contributed by atoms with Crippen LogP contribution in [-0.4, -0.2) is 25.5 Å². The van der Waals surface area contributed by atoms with Crippen molar-refractivity contribution in [2.24, 2.45) is 10.9 Å². The molecule has 0 unspecified atom stereocenters. The molecule has 1 saturated carbocycles. The maximum Gasteiger partial charge on any atom is 0.227 e. The van der Waals surface area contributed by atoms with Crippen LogP contribution in [0, 0.1) is 11.7 Å². The molecule has 2 aromatic rings. The summed E-state index contributed by atoms with van der Waals surface area (Å²) in [5.74, 6) is 0.745. The van der Waals surface area contributed by atoms with Crippen LogP contribution in [0.2, 0.25) is 0 Å². The zero-order valence-corrected chi connectivity index (χ0v) is 16.2. The molecule has 6 heteroatoms. The van der Waals surface area contributed by atoms with E-state index in [0.29, 0.717) is 31.0 Å². The van der Waals surface area contributed by atoms with E-state index in [2.05, 4.69) is 20.9 Å². The Labute approximate surface area is 165 Å². The number of rotatable bonds is 7. The van der Waals surface area contributed by atoms with E-state index in [4.69, 9.17) is 0 Å². The first kappa shape index (κ1) is 19.9. The fraction of sp³-hybridized carbons (Fsp3) is 0.364. The molecule has 2 aromatic carbocycles. The summed E-state index contributed by atoms with van der Waals surface area (Å²) in [5, 5.41) is 9.44. The number of carbonyl (C=O) groups excluding carboxylic acids is 1. The third-order valence-electron chi connectivity index (χ3n) is 5.00. The van der Waals surface area contributed by atoms with Crippen molar-refractivity contribution < 1.29 is 9.18 Å². The Morgan fingerprint density at radius 2 is 1.96 bits per heavy atom. The van der Waals surface area contributed by atoms with Gasteiger partial charge in [0.1, 0.15) is 5.82 Å². The highest BCUT2D eigenvalue weighted by molar-refractivity contribution is 5.93. The van der Waals surface area contributed by atoms with Crippen LogP contribution in [0.15, 0.2) is 53.5 Å². The van der Waals surface area contributed by atoms with E-state index >= 15 is 0 Å². The van der Waals surface area contributed by atoms with Gasteiger partial charge in [0.05, 0.1) is 0 Å². The first-order chi connectivity index (χ1) is 13.7. The van der Waals surface area contributed by atoms with Crippen LogP contribution in [-0.2, 0) is 17.8 Å². The highest BCUT2D eigenvalue weighted by Crippen LogP contribution is 2.27. The molecule has 28 heavy (non-hydrogen) atoms. The van der Waals surface area contributed by atoms with Gasteiger partial charge in [-0.1, -0.05) is 36.8 Å². The molecule has 3 rings (SSSR count). The van der Waals surface area contributed by atoms with Gasteiger partial charge in [0.2, 0.25) is 5.91 Å². The van der Waals surface area contributed by atoms with E-state index in [9.17, 15) is 9.18 Å². The van der Waals surface area contributed by atoms with Gasteiger partial charge in [-0.05, 0) is 48.6 Å². The lowest BCUT2D eigenvalue weighted by molar-refractivity contribution is -0.122. The van der Waals surface area contributed by atoms with Gasteiger partial charge >= 0.3 is 0 Å². The summed E-state index contributed by atoms with van der Waals surface area (Å²) in [4.78, 5) is 16.3. The van der Waals surface area contributed by atoms with Crippen molar-refractivity contribution in [2.45, 2.75) is 32.2 Å². The fourth-order valence-corrected chi connectivity index (χ4v) is 3.10. The molecule has 1 fully saturated rings. The fourth-order valence-electron chi connectivity index (χ4n) is 3.10. The zero-order chi connectivity index (χ0) is 19.8. The Hall–Kier alpha value is -2.89. The molecule has 1 aliphatic carbocycles. The molecular formula is C22H27FN4O. The largest absolute Gasteiger partial charge is 0.356 e. The van der Waals surface area contributed by atoms with Gasteiger partial charge in [-0.2, -0.15) is 0 Å². The summed E-state index contributed by atoms with van der Waals surface area (Å²) in [6.45, 7) is 1.16. The van der Waals surface area contributed by atoms with Crippen molar-refractivity contribution in [1.29, 1.82) is 0 Å². The molecule has 1 aliphatic rings. The third-order valence-corrected chi connectivity index (χ3v) is 5.00. The van der Waals surface area contributed by atoms with E-state index < -0.39 is 0 Å². The van der Waals surface area contributed by atoms with Crippen molar-refractivity contribution in [2.75, 3.05) is 18.9 Å². The SMILES string of the molecule is CN=C(NCCc1ccccc1F)NCc1cccc(NC(=O)C2CCC2)c1. The van der Waals surface area contributed by atoms with Crippen LogP contribution < -0.4 is 16.0 Å². The minimum absolute atomic E-state index is 0.113. The lowest BCUT2D eigenvalue weighted by Gasteiger charge is -2.24. The summed E-state index contributed by atoms with van der Waals surface area (Å²) in [5.41, 5.74) is 2.54. The second kappa shape index (κ2) is 9.88. The van der Waals surface area contributed by atoms with Crippen molar-refractivity contribution in [3.05, 3.63) is 65.5 Å². The second-order valence-electron chi connectivity index (χ2n) is 7.01. The number of hydrogen-bond donors (Lipinski definition) is 3. The Morgan fingerprint density at radius 3 is 2.68 bits per heavy atom. The van der Waals surface area contributed by atoms with Gasteiger partial charge in [0.25, 0.3) is 0 Å². The Bertz CT molecular complexity index is 833. The number of halogens is 1. The highest BCUT2D eigenvalue weighted by Gasteiger charge is 2.25. The smallest absolute Gasteiger partial charge is 0.227 e. The highest BCUT2D eigenvalue weighted by atomic mass is 19.1. The second-order valence-corrected chi connectivity index (χ2v) is 7.01. The normalized spacial score (nSPS) is 14.3. The first-order valence-electron chi connectivity index (χ1n) is 9.73. The third kappa shape index (κ3) is 5.55. The summed E-state index contributed by atoms with van der Waals surface area (Å²) >= 11 is 0. The van der Waals surface area contributed by atoms with Crippen LogP contribution in [0.1, 0.15) is 30.4 Å². The van der Waals surface area contributed by atoms with Gasteiger partial charge in [-0.25, -0.2) is 4.39 Å². The zero-order valence-electron chi connectivity index (χ0n) is 16.2. The molecule has 0 bridgehead atoms. The van der Waals surface area contributed by atoms with Crippen LogP contribution in [0.4, 0.5) is 10.1 Å². The monoisotopic (exact) mass is 382 g/mol. The molecule has 3 N–H and O–H groups in total. The van der Waals surface area contributed by atoms with Crippen LogP contribution >= 0.6 is 0 Å². The molecule has 5 nitrogen and oxygen atoms in total. The minimum atomic E-state index is -0.187. The van der Waals surface area contributed by atoms with Crippen LogP contribution in [0.5, 0.6) is 0 Å². The maximum atomic E-state index is 13.7. The number of anilines is 1. The number of guanidine groups is 1. The van der Waals surface area contributed by atoms with Crippen LogP contribution in [0.25, 0.3) is 0 Å². The number of nitrogens with zero attached hydrogens (tertiary/aromatic N) is 1. The number of carbonyl (C=O) groups is 1. The summed E-state index contributed by atoms with van der Waals surface area (Å²) < 4.78 is 13.7. The van der Waals surface area contributed by atoms with Crippen LogP contribution in [0.3, 0.4) is 0 Å². The van der Waals surface area contributed by atoms with E-state index in [1.807, 2.05) is 30.3 Å². The molecular weight excluding hydrogens is 355 g/mol. The molecule has 0 aliphatic heterocycles. The Kier molecular flexibility index (Phi) is 7.00. The van der Waals surface area contributed by atoms with E-state index in [0.717, 1.165) is 30.5 Å². The Balaban J connectivity index is 1.46. The number of hydrogen-bond acceptors (Lipinski definition) is 2. The van der Waals surface area contributed by atoms with Crippen molar-refractivity contribution in [1.82, 2.24) is 10.6 Å². The predicted molar refractivity (Wildman–Crippen MR) is 111 cm³/mol. The standard InChI is InChI=1S/C22H27FN4O/c1-24-22(25-13-12-17-7-2-3-11-20(17)23)26-15-16-6-4-10-19(14-16)27-21(28)18-8-5-9-18/h2-4,6-7,10-11,14,18H,5,8-9,12-13,15H2,1H3,(H,27,28)(H2,24,25,26). The number of nitrogens with one attached hydrogen (secondary N) is 3. The van der Waals surface area contributed by atoms with Crippen molar-refractivity contribution >= 4 is 17.6 Å². The molecule has 0 radical (unpaired) electrons. The van der Waals surface area contributed by atoms with Crippen molar-refractivity contribution in [3.8, 4) is 0 Å². The van der Waals surface area contributed by atoms with Gasteiger partial charge in [-0.3, -0.25) is 9.79 Å². The van der Waals surface area contributed by atoms with Crippen molar-refractivity contribution in [3.63, 3.8) is 0 Å². The lowest BCUT2D eigenvalue weighted by Crippen LogP contribution is -2.37. The van der Waals surface area contributed by atoms with E-state index in [-0.39, 0.29) is 17.6 Å². The van der Waals surface area contributed by atoms with Gasteiger partial charge in [0.15, 0.2) is 5.96 Å². The maximum absolute atomic E-state index is 13.7. The summed E-state index contributed by atoms with van der Waals surface area (Å²) in [6, 6.07) is 14.6. The summed E-state index contributed by atoms with van der Waals surface area (Å²) in [7, 11) is 1.70. The summed E-state index contributed by atoms with van der Waals surface area (Å²) in [6.07, 6.45) is 3.70. The molecule has 0 atom stereocenters. The predicted octanol–water partition coefficient (Wildman–Crippen LogP) is 3.47. The van der Waals surface area contributed by atoms with Gasteiger partial charge in [-0.15, -0.1) is 0 Å². The number of aliphatic imine (C=N–C) groups is 1. The van der Waals surface area contributed by atoms with Gasteiger partial charge < -0.3 is 16.0 Å². The number of amides is 1. The molecule has 148 valence electrons. The molecule has 0 heterocycles. The van der Waals surface area contributed by atoms with E-state index in [1.54, 1.807) is 19.2 Å². The molecule has 1 amide bonds. The minimum Gasteiger partial charge on any atom is -0.356 e. The molecule has 0 aromatic heterocycles. The Morgan fingerprint density at radius 1 is 1.14 bits per heavy atom. The average molecular weight is 382 g/mol. The number of benzene rings is 2. The van der Waals surface area contributed by atoms with Gasteiger partial charge in [0, 0.05) is 31.7 Å².